The van der Waals surface area contributed by atoms with E-state index in [0.29, 0.717) is 0 Å². The second kappa shape index (κ2) is 11.1. The van der Waals surface area contributed by atoms with Gasteiger partial charge in [-0.05, 0) is 116 Å². The molecule has 11 rings (SSSR count). The lowest BCUT2D eigenvalue weighted by Gasteiger charge is -2.34. The van der Waals surface area contributed by atoms with Crippen molar-refractivity contribution in [1.82, 2.24) is 4.57 Å². The summed E-state index contributed by atoms with van der Waals surface area (Å²) in [6.45, 7) is 9.51. The van der Waals surface area contributed by atoms with Gasteiger partial charge in [0.25, 0.3) is 0 Å². The molecule has 9 aromatic rings. The van der Waals surface area contributed by atoms with E-state index < -0.39 is 0 Å². The molecule has 0 N–H and O–H groups in total. The van der Waals surface area contributed by atoms with E-state index in [9.17, 15) is 0 Å². The van der Waals surface area contributed by atoms with E-state index in [-0.39, 0.29) is 10.8 Å². The van der Waals surface area contributed by atoms with Crippen molar-refractivity contribution >= 4 is 49.6 Å². The molecule has 0 fully saturated rings. The zero-order valence-electron chi connectivity index (χ0n) is 31.1. The van der Waals surface area contributed by atoms with Gasteiger partial charge in [-0.25, -0.2) is 0 Å². The van der Waals surface area contributed by atoms with E-state index >= 15 is 0 Å². The highest BCUT2D eigenvalue weighted by molar-refractivity contribution is 6.12. The van der Waals surface area contributed by atoms with Crippen LogP contribution >= 0.6 is 0 Å². The number of hydrogen-bond acceptors (Lipinski definition) is 1. The predicted molar refractivity (Wildman–Crippen MR) is 228 cm³/mol. The van der Waals surface area contributed by atoms with E-state index in [1.165, 1.54) is 88.5 Å². The summed E-state index contributed by atoms with van der Waals surface area (Å²) in [5.74, 6) is 0. The van der Waals surface area contributed by atoms with E-state index in [1.807, 2.05) is 0 Å². The van der Waals surface area contributed by atoms with E-state index in [0.717, 1.165) is 11.4 Å². The normalized spacial score (nSPS) is 14.6. The summed E-state index contributed by atoms with van der Waals surface area (Å²) in [4.78, 5) is 2.39. The average Bonchev–Trinajstić information content (AvgIpc) is 3.65. The molecule has 2 nitrogen and oxygen atoms in total. The maximum Gasteiger partial charge on any atom is 0.0582 e. The van der Waals surface area contributed by atoms with Crippen molar-refractivity contribution in [3.05, 3.63) is 192 Å². The van der Waals surface area contributed by atoms with Crippen LogP contribution in [0.4, 0.5) is 17.1 Å². The molecule has 0 spiro atoms. The highest BCUT2D eigenvalue weighted by atomic mass is 15.1. The third-order valence-corrected chi connectivity index (χ3v) is 12.5. The summed E-state index contributed by atoms with van der Waals surface area (Å²) in [5, 5.41) is 5.11. The molecular formula is C52H40N2. The number of anilines is 3. The molecule has 0 amide bonds. The first-order chi connectivity index (χ1) is 26.3. The van der Waals surface area contributed by atoms with Crippen LogP contribution in [-0.4, -0.2) is 4.57 Å². The Morgan fingerprint density at radius 2 is 1.04 bits per heavy atom. The van der Waals surface area contributed by atoms with Gasteiger partial charge >= 0.3 is 0 Å². The van der Waals surface area contributed by atoms with Crippen LogP contribution in [0.25, 0.3) is 60.5 Å². The Balaban J connectivity index is 1.02. The van der Waals surface area contributed by atoms with Crippen LogP contribution in [0, 0.1) is 0 Å². The van der Waals surface area contributed by atoms with Gasteiger partial charge in [0, 0.05) is 38.7 Å². The fourth-order valence-corrected chi connectivity index (χ4v) is 9.73. The molecule has 2 aliphatic rings. The van der Waals surface area contributed by atoms with Crippen molar-refractivity contribution in [2.75, 3.05) is 4.90 Å². The summed E-state index contributed by atoms with van der Waals surface area (Å²) in [5.41, 5.74) is 17.8. The molecule has 54 heavy (non-hydrogen) atoms. The molecule has 8 aromatic carbocycles. The molecule has 0 saturated carbocycles. The van der Waals surface area contributed by atoms with Crippen LogP contribution in [0.2, 0.25) is 0 Å². The molecule has 0 radical (unpaired) electrons. The van der Waals surface area contributed by atoms with Gasteiger partial charge in [-0.1, -0.05) is 137 Å². The summed E-state index contributed by atoms with van der Waals surface area (Å²) in [7, 11) is 0. The Hall–Kier alpha value is -6.38. The number of aromatic nitrogens is 1. The lowest BCUT2D eigenvalue weighted by atomic mass is 9.75. The molecule has 1 aliphatic carbocycles. The third-order valence-electron chi connectivity index (χ3n) is 12.5. The smallest absolute Gasteiger partial charge is 0.0582 e. The average molecular weight is 693 g/mol. The number of hydrogen-bond donors (Lipinski definition) is 0. The van der Waals surface area contributed by atoms with Gasteiger partial charge in [-0.15, -0.1) is 0 Å². The van der Waals surface area contributed by atoms with Crippen molar-refractivity contribution in [3.8, 4) is 27.9 Å². The molecule has 1 aromatic heterocycles. The molecule has 0 atom stereocenters. The van der Waals surface area contributed by atoms with Gasteiger partial charge in [0.15, 0.2) is 0 Å². The first-order valence-electron chi connectivity index (χ1n) is 19.1. The van der Waals surface area contributed by atoms with Crippen molar-refractivity contribution in [2.45, 2.75) is 38.5 Å². The topological polar surface area (TPSA) is 8.17 Å². The van der Waals surface area contributed by atoms with Crippen molar-refractivity contribution < 1.29 is 0 Å². The quantitative estimate of drug-likeness (QED) is 0.178. The van der Waals surface area contributed by atoms with Gasteiger partial charge in [0.05, 0.1) is 16.7 Å². The first-order valence-corrected chi connectivity index (χ1v) is 19.1. The van der Waals surface area contributed by atoms with Crippen molar-refractivity contribution in [3.63, 3.8) is 0 Å². The molecule has 258 valence electrons. The second-order valence-electron chi connectivity index (χ2n) is 16.2. The molecule has 2 heteroatoms. The zero-order valence-corrected chi connectivity index (χ0v) is 31.1. The molecule has 0 unspecified atom stereocenters. The summed E-state index contributed by atoms with van der Waals surface area (Å²) in [6.07, 6.45) is 0. The highest BCUT2D eigenvalue weighted by Gasteiger charge is 2.37. The third kappa shape index (κ3) is 4.28. The standard InChI is InChI=1S/C52H40N2/c1-51(2)44-18-10-11-20-49(44)54-48-28-23-35(30-43(48)42-17-12-19-45(51)50(42)54)36-22-26-40-41-27-25-39(32-47(41)52(3,4)46(40)31-36)53(37-15-6-5-7-16-37)38-24-21-33-13-8-9-14-34(33)29-38/h5-32H,1-4H3. The van der Waals surface area contributed by atoms with Crippen molar-refractivity contribution in [2.24, 2.45) is 0 Å². The predicted octanol–water partition coefficient (Wildman–Crippen LogP) is 14.0. The molecule has 1 aliphatic heterocycles. The molecule has 0 saturated heterocycles. The summed E-state index contributed by atoms with van der Waals surface area (Å²) in [6, 6.07) is 63.2. The van der Waals surface area contributed by atoms with Crippen LogP contribution in [0.1, 0.15) is 49.9 Å². The number of benzene rings is 8. The maximum absolute atomic E-state index is 2.50. The Morgan fingerprint density at radius 3 is 1.89 bits per heavy atom. The zero-order chi connectivity index (χ0) is 36.3. The van der Waals surface area contributed by atoms with E-state index in [2.05, 4.69) is 207 Å². The summed E-state index contributed by atoms with van der Waals surface area (Å²) < 4.78 is 2.50. The lowest BCUT2D eigenvalue weighted by Crippen LogP contribution is -2.26. The van der Waals surface area contributed by atoms with Crippen LogP contribution in [0.3, 0.4) is 0 Å². The number of para-hydroxylation sites is 3. The Bertz CT molecular complexity index is 3000. The molecule has 0 bridgehead atoms. The van der Waals surface area contributed by atoms with E-state index in [1.54, 1.807) is 0 Å². The fourth-order valence-electron chi connectivity index (χ4n) is 9.73. The fraction of sp³-hybridized carbons (Fsp3) is 0.115. The molecule has 2 heterocycles. The van der Waals surface area contributed by atoms with Crippen LogP contribution < -0.4 is 4.90 Å². The van der Waals surface area contributed by atoms with Gasteiger partial charge < -0.3 is 9.47 Å². The Morgan fingerprint density at radius 1 is 0.407 bits per heavy atom. The number of fused-ring (bicyclic) bond motifs is 9. The van der Waals surface area contributed by atoms with Crippen LogP contribution in [0.5, 0.6) is 0 Å². The largest absolute Gasteiger partial charge is 0.310 e. The van der Waals surface area contributed by atoms with Gasteiger partial charge in [-0.2, -0.15) is 0 Å². The van der Waals surface area contributed by atoms with E-state index in [4.69, 9.17) is 0 Å². The van der Waals surface area contributed by atoms with Gasteiger partial charge in [-0.3, -0.25) is 0 Å². The van der Waals surface area contributed by atoms with Crippen molar-refractivity contribution in [1.29, 1.82) is 0 Å². The first kappa shape index (κ1) is 31.2. The maximum atomic E-state index is 2.50. The number of nitrogens with zero attached hydrogens (tertiary/aromatic N) is 2. The monoisotopic (exact) mass is 692 g/mol. The van der Waals surface area contributed by atoms with Crippen LogP contribution in [0.15, 0.2) is 170 Å². The SMILES string of the molecule is CC1(C)c2cc(-c3ccc4c(c3)c3cccc5c3n4-c3ccccc3C5(C)C)ccc2-c2ccc(N(c3ccccc3)c3ccc4ccccc4c3)cc21. The highest BCUT2D eigenvalue weighted by Crippen LogP contribution is 2.52. The lowest BCUT2D eigenvalue weighted by molar-refractivity contribution is 0.630. The molecular weight excluding hydrogens is 653 g/mol. The van der Waals surface area contributed by atoms with Gasteiger partial charge in [0.2, 0.25) is 0 Å². The number of rotatable bonds is 4. The second-order valence-corrected chi connectivity index (χ2v) is 16.2. The minimum absolute atomic E-state index is 0.0721. The Kier molecular flexibility index (Phi) is 6.39. The minimum atomic E-state index is -0.175. The van der Waals surface area contributed by atoms with Gasteiger partial charge in [0.1, 0.15) is 0 Å². The summed E-state index contributed by atoms with van der Waals surface area (Å²) >= 11 is 0. The minimum Gasteiger partial charge on any atom is -0.310 e. The van der Waals surface area contributed by atoms with Crippen LogP contribution in [-0.2, 0) is 10.8 Å². The Labute approximate surface area is 316 Å².